The molecule has 2 aromatic rings. The van der Waals surface area contributed by atoms with Gasteiger partial charge in [-0.05, 0) is 42.0 Å². The SMILES string of the molecule is O=C(CCNc1ccc(Br)cc1)NCc1ccc(Cl)cc1. The van der Waals surface area contributed by atoms with E-state index in [-0.39, 0.29) is 5.91 Å². The molecule has 1 amide bonds. The number of halogens is 2. The van der Waals surface area contributed by atoms with Crippen molar-refractivity contribution in [3.05, 3.63) is 63.6 Å². The lowest BCUT2D eigenvalue weighted by molar-refractivity contribution is -0.121. The van der Waals surface area contributed by atoms with Gasteiger partial charge in [-0.3, -0.25) is 4.79 Å². The second kappa shape index (κ2) is 8.05. The second-order valence-corrected chi connectivity index (χ2v) is 5.94. The number of amides is 1. The van der Waals surface area contributed by atoms with Crippen LogP contribution in [0, 0.1) is 0 Å². The lowest BCUT2D eigenvalue weighted by atomic mass is 10.2. The first-order valence-electron chi connectivity index (χ1n) is 6.64. The number of rotatable bonds is 6. The second-order valence-electron chi connectivity index (χ2n) is 4.59. The summed E-state index contributed by atoms with van der Waals surface area (Å²) in [6, 6.07) is 15.3. The maximum atomic E-state index is 11.7. The summed E-state index contributed by atoms with van der Waals surface area (Å²) < 4.78 is 1.04. The van der Waals surface area contributed by atoms with Crippen LogP contribution in [-0.4, -0.2) is 12.5 Å². The van der Waals surface area contributed by atoms with Gasteiger partial charge >= 0.3 is 0 Å². The topological polar surface area (TPSA) is 41.1 Å². The zero-order chi connectivity index (χ0) is 15.1. The van der Waals surface area contributed by atoms with Crippen molar-refractivity contribution >= 4 is 39.1 Å². The van der Waals surface area contributed by atoms with Crippen LogP contribution in [-0.2, 0) is 11.3 Å². The third-order valence-corrected chi connectivity index (χ3v) is 3.71. The number of nitrogens with one attached hydrogen (secondary N) is 2. The Labute approximate surface area is 137 Å². The summed E-state index contributed by atoms with van der Waals surface area (Å²) in [7, 11) is 0. The highest BCUT2D eigenvalue weighted by Crippen LogP contribution is 2.14. The van der Waals surface area contributed by atoms with Gasteiger partial charge in [-0.25, -0.2) is 0 Å². The Morgan fingerprint density at radius 1 is 1.05 bits per heavy atom. The first-order chi connectivity index (χ1) is 10.1. The third-order valence-electron chi connectivity index (χ3n) is 2.93. The van der Waals surface area contributed by atoms with Crippen molar-refractivity contribution in [2.45, 2.75) is 13.0 Å². The van der Waals surface area contributed by atoms with Gasteiger partial charge in [0.25, 0.3) is 0 Å². The summed E-state index contributed by atoms with van der Waals surface area (Å²) in [4.78, 5) is 11.7. The molecule has 3 nitrogen and oxygen atoms in total. The van der Waals surface area contributed by atoms with Gasteiger partial charge in [0, 0.05) is 34.7 Å². The molecule has 0 aromatic heterocycles. The van der Waals surface area contributed by atoms with Crippen LogP contribution < -0.4 is 10.6 Å². The largest absolute Gasteiger partial charge is 0.385 e. The monoisotopic (exact) mass is 366 g/mol. The molecule has 2 aromatic carbocycles. The van der Waals surface area contributed by atoms with Crippen LogP contribution in [0.5, 0.6) is 0 Å². The first-order valence-corrected chi connectivity index (χ1v) is 7.81. The minimum Gasteiger partial charge on any atom is -0.385 e. The Hall–Kier alpha value is -1.52. The fourth-order valence-electron chi connectivity index (χ4n) is 1.78. The van der Waals surface area contributed by atoms with Crippen LogP contribution >= 0.6 is 27.5 Å². The lowest BCUT2D eigenvalue weighted by Gasteiger charge is -2.08. The molecule has 21 heavy (non-hydrogen) atoms. The molecule has 0 saturated carbocycles. The molecule has 2 N–H and O–H groups in total. The Balaban J connectivity index is 1.67. The minimum absolute atomic E-state index is 0.0227. The van der Waals surface area contributed by atoms with Gasteiger partial charge in [0.05, 0.1) is 0 Å². The van der Waals surface area contributed by atoms with E-state index in [9.17, 15) is 4.79 Å². The molecule has 0 fully saturated rings. The van der Waals surface area contributed by atoms with Crippen LogP contribution in [0.25, 0.3) is 0 Å². The highest BCUT2D eigenvalue weighted by molar-refractivity contribution is 9.10. The predicted molar refractivity (Wildman–Crippen MR) is 90.5 cm³/mol. The lowest BCUT2D eigenvalue weighted by Crippen LogP contribution is -2.24. The van der Waals surface area contributed by atoms with Crippen molar-refractivity contribution < 1.29 is 4.79 Å². The van der Waals surface area contributed by atoms with Crippen LogP contribution in [0.3, 0.4) is 0 Å². The fraction of sp³-hybridized carbons (Fsp3) is 0.188. The standard InChI is InChI=1S/C16H16BrClN2O/c17-13-3-7-15(8-4-13)19-10-9-16(21)20-11-12-1-5-14(18)6-2-12/h1-8,19H,9-11H2,(H,20,21). The number of benzene rings is 2. The molecule has 0 aliphatic heterocycles. The van der Waals surface area contributed by atoms with E-state index < -0.39 is 0 Å². The molecule has 0 saturated heterocycles. The van der Waals surface area contributed by atoms with Crippen LogP contribution in [0.4, 0.5) is 5.69 Å². The Morgan fingerprint density at radius 3 is 2.38 bits per heavy atom. The summed E-state index contributed by atoms with van der Waals surface area (Å²) in [6.45, 7) is 1.13. The molecule has 0 atom stereocenters. The van der Waals surface area contributed by atoms with Crippen molar-refractivity contribution in [1.82, 2.24) is 5.32 Å². The van der Waals surface area contributed by atoms with Gasteiger partial charge in [-0.2, -0.15) is 0 Å². The molecule has 0 aliphatic carbocycles. The number of carbonyl (C=O) groups excluding carboxylic acids is 1. The van der Waals surface area contributed by atoms with Gasteiger partial charge in [0.1, 0.15) is 0 Å². The predicted octanol–water partition coefficient (Wildman–Crippen LogP) is 4.22. The van der Waals surface area contributed by atoms with Crippen molar-refractivity contribution in [1.29, 1.82) is 0 Å². The number of hydrogen-bond donors (Lipinski definition) is 2. The molecule has 5 heteroatoms. The van der Waals surface area contributed by atoms with Crippen molar-refractivity contribution in [2.75, 3.05) is 11.9 Å². The Bertz CT molecular complexity index is 584. The molecule has 0 heterocycles. The maximum Gasteiger partial charge on any atom is 0.222 e. The molecule has 0 aliphatic rings. The first kappa shape index (κ1) is 15.9. The van der Waals surface area contributed by atoms with Gasteiger partial charge in [-0.1, -0.05) is 39.7 Å². The molecule has 0 bridgehead atoms. The summed E-state index contributed by atoms with van der Waals surface area (Å²) in [5.41, 5.74) is 2.04. The normalized spacial score (nSPS) is 10.2. The Kier molecular flexibility index (Phi) is 6.08. The summed E-state index contributed by atoms with van der Waals surface area (Å²) in [5, 5.41) is 6.79. The van der Waals surface area contributed by atoms with Crippen LogP contribution in [0.2, 0.25) is 5.02 Å². The van der Waals surface area contributed by atoms with E-state index in [1.807, 2.05) is 48.5 Å². The summed E-state index contributed by atoms with van der Waals surface area (Å²) >= 11 is 9.20. The average Bonchev–Trinajstić information content (AvgIpc) is 2.49. The molecular weight excluding hydrogens is 352 g/mol. The smallest absolute Gasteiger partial charge is 0.222 e. The van der Waals surface area contributed by atoms with Crippen LogP contribution in [0.1, 0.15) is 12.0 Å². The van der Waals surface area contributed by atoms with Gasteiger partial charge in [0.15, 0.2) is 0 Å². The minimum atomic E-state index is 0.0227. The van der Waals surface area contributed by atoms with Crippen molar-refractivity contribution in [2.24, 2.45) is 0 Å². The van der Waals surface area contributed by atoms with Gasteiger partial charge in [-0.15, -0.1) is 0 Å². The van der Waals surface area contributed by atoms with E-state index >= 15 is 0 Å². The average molecular weight is 368 g/mol. The van der Waals surface area contributed by atoms with Crippen molar-refractivity contribution in [3.63, 3.8) is 0 Å². The summed E-state index contributed by atoms with van der Waals surface area (Å²) in [6.07, 6.45) is 0.434. The number of carbonyl (C=O) groups is 1. The maximum absolute atomic E-state index is 11.7. The highest BCUT2D eigenvalue weighted by Gasteiger charge is 2.01. The van der Waals surface area contributed by atoms with Crippen molar-refractivity contribution in [3.8, 4) is 0 Å². The van der Waals surface area contributed by atoms with Gasteiger partial charge < -0.3 is 10.6 Å². The van der Waals surface area contributed by atoms with E-state index in [0.29, 0.717) is 24.5 Å². The van der Waals surface area contributed by atoms with E-state index in [4.69, 9.17) is 11.6 Å². The quantitative estimate of drug-likeness (QED) is 0.802. The van der Waals surface area contributed by atoms with E-state index in [2.05, 4.69) is 26.6 Å². The summed E-state index contributed by atoms with van der Waals surface area (Å²) in [5.74, 6) is 0.0227. The Morgan fingerprint density at radius 2 is 1.71 bits per heavy atom. The molecule has 0 spiro atoms. The van der Waals surface area contributed by atoms with Gasteiger partial charge in [0.2, 0.25) is 5.91 Å². The molecule has 110 valence electrons. The molecular formula is C16H16BrClN2O. The third kappa shape index (κ3) is 5.78. The van der Waals surface area contributed by atoms with Crippen LogP contribution in [0.15, 0.2) is 53.0 Å². The molecule has 2 rings (SSSR count). The number of anilines is 1. The van der Waals surface area contributed by atoms with E-state index in [1.165, 1.54) is 0 Å². The molecule has 0 unspecified atom stereocenters. The highest BCUT2D eigenvalue weighted by atomic mass is 79.9. The molecule has 0 radical (unpaired) electrons. The zero-order valence-electron chi connectivity index (χ0n) is 11.4. The fourth-order valence-corrected chi connectivity index (χ4v) is 2.17. The van der Waals surface area contributed by atoms with E-state index in [0.717, 1.165) is 15.7 Å². The van der Waals surface area contributed by atoms with E-state index in [1.54, 1.807) is 0 Å². The zero-order valence-corrected chi connectivity index (χ0v) is 13.7. The number of hydrogen-bond acceptors (Lipinski definition) is 2.